The first-order valence-corrected chi connectivity index (χ1v) is 6.50. The minimum atomic E-state index is 0.575. The maximum absolute atomic E-state index is 5.93. The number of benzene rings is 1. The molecule has 3 nitrogen and oxygen atoms in total. The average molecular weight is 256 g/mol. The van der Waals surface area contributed by atoms with Gasteiger partial charge in [0.2, 0.25) is 0 Å². The predicted octanol–water partition coefficient (Wildman–Crippen LogP) is 3.46. The zero-order chi connectivity index (χ0) is 12.4. The zero-order valence-electron chi connectivity index (χ0n) is 9.67. The molecule has 0 saturated heterocycles. The van der Waals surface area contributed by atoms with Gasteiger partial charge in [0.15, 0.2) is 0 Å². The van der Waals surface area contributed by atoms with Gasteiger partial charge in [-0.05, 0) is 29.6 Å². The molecule has 2 heterocycles. The van der Waals surface area contributed by atoms with Crippen LogP contribution in [0.3, 0.4) is 0 Å². The van der Waals surface area contributed by atoms with E-state index in [1.165, 1.54) is 4.88 Å². The van der Waals surface area contributed by atoms with Gasteiger partial charge in [-0.3, -0.25) is 4.98 Å². The second-order valence-corrected chi connectivity index (χ2v) is 4.97. The summed E-state index contributed by atoms with van der Waals surface area (Å²) in [6.45, 7) is 0.575. The Morgan fingerprint density at radius 2 is 2.11 bits per heavy atom. The smallest absolute Gasteiger partial charge is 0.129 e. The summed E-state index contributed by atoms with van der Waals surface area (Å²) in [4.78, 5) is 5.32. The number of rotatable bonds is 3. The van der Waals surface area contributed by atoms with Crippen molar-refractivity contribution in [1.29, 1.82) is 0 Å². The molecular formula is C14H12N2OS. The Balaban J connectivity index is 1.94. The number of thiophene rings is 1. The first-order chi connectivity index (χ1) is 8.84. The van der Waals surface area contributed by atoms with E-state index in [2.05, 4.69) is 11.1 Å². The number of aromatic nitrogens is 1. The van der Waals surface area contributed by atoms with Crippen LogP contribution >= 0.6 is 11.3 Å². The van der Waals surface area contributed by atoms with E-state index in [4.69, 9.17) is 10.5 Å². The van der Waals surface area contributed by atoms with Crippen LogP contribution in [0, 0.1) is 0 Å². The molecule has 0 aliphatic carbocycles. The van der Waals surface area contributed by atoms with E-state index >= 15 is 0 Å². The van der Waals surface area contributed by atoms with Gasteiger partial charge >= 0.3 is 0 Å². The molecular weight excluding hydrogens is 244 g/mol. The van der Waals surface area contributed by atoms with Gasteiger partial charge in [0, 0.05) is 33.7 Å². The van der Waals surface area contributed by atoms with Gasteiger partial charge in [0.25, 0.3) is 0 Å². The molecule has 0 amide bonds. The third kappa shape index (κ3) is 2.02. The van der Waals surface area contributed by atoms with Crippen molar-refractivity contribution >= 4 is 27.8 Å². The summed E-state index contributed by atoms with van der Waals surface area (Å²) in [5, 5.41) is 3.98. The number of hydrogen-bond acceptors (Lipinski definition) is 4. The Morgan fingerprint density at radius 1 is 1.17 bits per heavy atom. The SMILES string of the molecule is Nc1ccc(OCc2cccs2)c2cnccc12. The van der Waals surface area contributed by atoms with Crippen LogP contribution < -0.4 is 10.5 Å². The molecule has 0 spiro atoms. The van der Waals surface area contributed by atoms with Crippen LogP contribution in [0.1, 0.15) is 4.88 Å². The minimum absolute atomic E-state index is 0.575. The quantitative estimate of drug-likeness (QED) is 0.730. The van der Waals surface area contributed by atoms with Crippen molar-refractivity contribution < 1.29 is 4.74 Å². The highest BCUT2D eigenvalue weighted by molar-refractivity contribution is 7.09. The Hall–Kier alpha value is -2.07. The number of nitrogens with two attached hydrogens (primary N) is 1. The first-order valence-electron chi connectivity index (χ1n) is 5.62. The lowest BCUT2D eigenvalue weighted by Crippen LogP contribution is -1.95. The first kappa shape index (κ1) is 11.0. The number of fused-ring (bicyclic) bond motifs is 1. The second kappa shape index (κ2) is 4.66. The average Bonchev–Trinajstić information content (AvgIpc) is 2.92. The van der Waals surface area contributed by atoms with Crippen molar-refractivity contribution in [3.8, 4) is 5.75 Å². The van der Waals surface area contributed by atoms with Gasteiger partial charge in [-0.1, -0.05) is 6.07 Å². The minimum Gasteiger partial charge on any atom is -0.487 e. The molecule has 0 bridgehead atoms. The Kier molecular flexibility index (Phi) is 2.86. The monoisotopic (exact) mass is 256 g/mol. The molecule has 0 atom stereocenters. The lowest BCUT2D eigenvalue weighted by molar-refractivity contribution is 0.313. The number of pyridine rings is 1. The van der Waals surface area contributed by atoms with Crippen LogP contribution in [-0.2, 0) is 6.61 Å². The highest BCUT2D eigenvalue weighted by Crippen LogP contribution is 2.29. The van der Waals surface area contributed by atoms with Crippen molar-refractivity contribution in [2.75, 3.05) is 5.73 Å². The molecule has 0 saturated carbocycles. The fraction of sp³-hybridized carbons (Fsp3) is 0.0714. The normalized spacial score (nSPS) is 10.7. The van der Waals surface area contributed by atoms with Crippen molar-refractivity contribution in [1.82, 2.24) is 4.98 Å². The number of nitrogen functional groups attached to an aromatic ring is 1. The number of ether oxygens (including phenoxy) is 1. The van der Waals surface area contributed by atoms with Crippen LogP contribution in [0.2, 0.25) is 0 Å². The molecule has 4 heteroatoms. The highest BCUT2D eigenvalue weighted by Gasteiger charge is 2.05. The lowest BCUT2D eigenvalue weighted by atomic mass is 10.1. The van der Waals surface area contributed by atoms with Gasteiger partial charge in [-0.2, -0.15) is 0 Å². The van der Waals surface area contributed by atoms with E-state index in [1.54, 1.807) is 23.7 Å². The molecule has 0 unspecified atom stereocenters. The van der Waals surface area contributed by atoms with E-state index in [-0.39, 0.29) is 0 Å². The maximum Gasteiger partial charge on any atom is 0.129 e. The molecule has 0 aliphatic heterocycles. The van der Waals surface area contributed by atoms with E-state index in [0.29, 0.717) is 6.61 Å². The third-order valence-corrected chi connectivity index (χ3v) is 3.61. The largest absolute Gasteiger partial charge is 0.487 e. The standard InChI is InChI=1S/C14H12N2OS/c15-13-3-4-14(12-8-16-6-5-11(12)13)17-9-10-2-1-7-18-10/h1-8H,9,15H2. The van der Waals surface area contributed by atoms with Gasteiger partial charge in [-0.25, -0.2) is 0 Å². The fourth-order valence-electron chi connectivity index (χ4n) is 1.86. The summed E-state index contributed by atoms with van der Waals surface area (Å²) < 4.78 is 5.83. The van der Waals surface area contributed by atoms with E-state index < -0.39 is 0 Å². The van der Waals surface area contributed by atoms with Gasteiger partial charge in [0.05, 0.1) is 0 Å². The van der Waals surface area contributed by atoms with Crippen molar-refractivity contribution in [3.63, 3.8) is 0 Å². The van der Waals surface area contributed by atoms with Crippen LogP contribution in [0.5, 0.6) is 5.75 Å². The third-order valence-electron chi connectivity index (χ3n) is 2.76. The van der Waals surface area contributed by atoms with Gasteiger partial charge in [0.1, 0.15) is 12.4 Å². The van der Waals surface area contributed by atoms with E-state index in [1.807, 2.05) is 29.6 Å². The van der Waals surface area contributed by atoms with E-state index in [9.17, 15) is 0 Å². The van der Waals surface area contributed by atoms with Crippen LogP contribution in [0.15, 0.2) is 48.1 Å². The molecule has 1 aromatic carbocycles. The Bertz CT molecular complexity index is 665. The molecule has 0 aliphatic rings. The van der Waals surface area contributed by atoms with Crippen LogP contribution in [-0.4, -0.2) is 4.98 Å². The van der Waals surface area contributed by atoms with Crippen LogP contribution in [0.25, 0.3) is 10.8 Å². The molecule has 0 radical (unpaired) electrons. The summed E-state index contributed by atoms with van der Waals surface area (Å²) in [7, 11) is 0. The molecule has 18 heavy (non-hydrogen) atoms. The molecule has 2 aromatic heterocycles. The Morgan fingerprint density at radius 3 is 2.94 bits per heavy atom. The maximum atomic E-state index is 5.93. The predicted molar refractivity (Wildman–Crippen MR) is 74.8 cm³/mol. The number of hydrogen-bond donors (Lipinski definition) is 1. The van der Waals surface area contributed by atoms with E-state index in [0.717, 1.165) is 22.2 Å². The van der Waals surface area contributed by atoms with Crippen molar-refractivity contribution in [3.05, 3.63) is 53.0 Å². The van der Waals surface area contributed by atoms with Crippen LogP contribution in [0.4, 0.5) is 5.69 Å². The number of anilines is 1. The van der Waals surface area contributed by atoms with Crippen molar-refractivity contribution in [2.24, 2.45) is 0 Å². The highest BCUT2D eigenvalue weighted by atomic mass is 32.1. The molecule has 3 rings (SSSR count). The summed E-state index contributed by atoms with van der Waals surface area (Å²) in [5.74, 6) is 0.820. The molecule has 0 fully saturated rings. The van der Waals surface area contributed by atoms with Gasteiger partial charge < -0.3 is 10.5 Å². The fourth-order valence-corrected chi connectivity index (χ4v) is 2.47. The summed E-state index contributed by atoms with van der Waals surface area (Å²) in [6.07, 6.45) is 3.52. The lowest BCUT2D eigenvalue weighted by Gasteiger charge is -2.09. The number of nitrogens with zero attached hydrogens (tertiary/aromatic N) is 1. The molecule has 3 aromatic rings. The zero-order valence-corrected chi connectivity index (χ0v) is 10.5. The molecule has 90 valence electrons. The topological polar surface area (TPSA) is 48.1 Å². The van der Waals surface area contributed by atoms with Crippen molar-refractivity contribution in [2.45, 2.75) is 6.61 Å². The van der Waals surface area contributed by atoms with Gasteiger partial charge in [-0.15, -0.1) is 11.3 Å². The Labute approximate surface area is 109 Å². The summed E-state index contributed by atoms with van der Waals surface area (Å²) in [5.41, 5.74) is 6.68. The second-order valence-electron chi connectivity index (χ2n) is 3.94. The summed E-state index contributed by atoms with van der Waals surface area (Å²) in [6, 6.07) is 9.75. The summed E-state index contributed by atoms with van der Waals surface area (Å²) >= 11 is 1.69. The molecule has 2 N–H and O–H groups in total.